The standard InChI is InChI=1S/C26H22Cl2N2O3/c1-3-32-25-13-18(12-19(15-29)22-9-8-20(27)14-23(22)28)7-10-24(25)33-16-26(31)30-21-6-4-5-17(2)11-21/h4-14H,3,16H2,1-2H3,(H,30,31)/b19-12+. The lowest BCUT2D eigenvalue weighted by Crippen LogP contribution is -2.20. The predicted molar refractivity (Wildman–Crippen MR) is 133 cm³/mol. The number of carbonyl (C=O) groups is 1. The Kier molecular flexibility index (Phi) is 8.37. The number of hydrogen-bond acceptors (Lipinski definition) is 4. The molecule has 0 fully saturated rings. The van der Waals surface area contributed by atoms with E-state index in [0.29, 0.717) is 45.0 Å². The first-order chi connectivity index (χ1) is 15.9. The van der Waals surface area contributed by atoms with Gasteiger partial charge in [-0.05, 0) is 67.4 Å². The van der Waals surface area contributed by atoms with Gasteiger partial charge in [-0.15, -0.1) is 0 Å². The van der Waals surface area contributed by atoms with Crippen LogP contribution in [-0.2, 0) is 4.79 Å². The van der Waals surface area contributed by atoms with E-state index in [-0.39, 0.29) is 12.5 Å². The van der Waals surface area contributed by atoms with E-state index in [9.17, 15) is 10.1 Å². The van der Waals surface area contributed by atoms with Crippen LogP contribution in [-0.4, -0.2) is 19.1 Å². The van der Waals surface area contributed by atoms with Gasteiger partial charge in [-0.3, -0.25) is 4.79 Å². The van der Waals surface area contributed by atoms with Crippen LogP contribution >= 0.6 is 23.2 Å². The van der Waals surface area contributed by atoms with Crippen molar-refractivity contribution in [2.75, 3.05) is 18.5 Å². The fourth-order valence-electron chi connectivity index (χ4n) is 3.11. The number of hydrogen-bond donors (Lipinski definition) is 1. The van der Waals surface area contributed by atoms with Gasteiger partial charge < -0.3 is 14.8 Å². The van der Waals surface area contributed by atoms with Gasteiger partial charge in [0, 0.05) is 16.3 Å². The monoisotopic (exact) mass is 480 g/mol. The maximum absolute atomic E-state index is 12.3. The van der Waals surface area contributed by atoms with Crippen LogP contribution in [0.4, 0.5) is 5.69 Å². The Morgan fingerprint density at radius 3 is 2.58 bits per heavy atom. The molecule has 168 valence electrons. The third-order valence-corrected chi connectivity index (χ3v) is 5.13. The number of amides is 1. The average molecular weight is 481 g/mol. The fourth-order valence-corrected chi connectivity index (χ4v) is 3.62. The summed E-state index contributed by atoms with van der Waals surface area (Å²) in [7, 11) is 0. The zero-order valence-electron chi connectivity index (χ0n) is 18.2. The van der Waals surface area contributed by atoms with Gasteiger partial charge in [-0.1, -0.05) is 47.5 Å². The Balaban J connectivity index is 1.77. The first-order valence-electron chi connectivity index (χ1n) is 10.2. The number of halogens is 2. The molecule has 0 saturated heterocycles. The highest BCUT2D eigenvalue weighted by molar-refractivity contribution is 6.36. The number of benzene rings is 3. The molecule has 0 aliphatic heterocycles. The van der Waals surface area contributed by atoms with E-state index in [1.165, 1.54) is 0 Å². The van der Waals surface area contributed by atoms with Gasteiger partial charge in [-0.25, -0.2) is 0 Å². The number of carbonyl (C=O) groups excluding carboxylic acids is 1. The van der Waals surface area contributed by atoms with Crippen LogP contribution in [0.2, 0.25) is 10.0 Å². The van der Waals surface area contributed by atoms with Crippen molar-refractivity contribution in [3.8, 4) is 17.6 Å². The van der Waals surface area contributed by atoms with Gasteiger partial charge in [0.05, 0.1) is 23.3 Å². The molecule has 0 aromatic heterocycles. The molecule has 3 aromatic carbocycles. The fraction of sp³-hybridized carbons (Fsp3) is 0.154. The van der Waals surface area contributed by atoms with Crippen LogP contribution in [0.15, 0.2) is 60.7 Å². The lowest BCUT2D eigenvalue weighted by molar-refractivity contribution is -0.118. The molecule has 0 heterocycles. The van der Waals surface area contributed by atoms with Gasteiger partial charge in [0.25, 0.3) is 5.91 Å². The molecule has 33 heavy (non-hydrogen) atoms. The average Bonchev–Trinajstić information content (AvgIpc) is 2.77. The summed E-state index contributed by atoms with van der Waals surface area (Å²) in [6.45, 7) is 4.04. The van der Waals surface area contributed by atoms with Gasteiger partial charge >= 0.3 is 0 Å². The van der Waals surface area contributed by atoms with E-state index < -0.39 is 0 Å². The molecule has 0 bridgehead atoms. The highest BCUT2D eigenvalue weighted by Gasteiger charge is 2.11. The first-order valence-corrected chi connectivity index (χ1v) is 11.0. The summed E-state index contributed by atoms with van der Waals surface area (Å²) >= 11 is 12.2. The van der Waals surface area contributed by atoms with E-state index in [2.05, 4.69) is 11.4 Å². The molecule has 1 N–H and O–H groups in total. The van der Waals surface area contributed by atoms with Gasteiger partial charge in [0.1, 0.15) is 0 Å². The van der Waals surface area contributed by atoms with Crippen molar-refractivity contribution in [3.63, 3.8) is 0 Å². The van der Waals surface area contributed by atoms with Crippen molar-refractivity contribution in [2.24, 2.45) is 0 Å². The number of nitriles is 1. The molecular weight excluding hydrogens is 459 g/mol. The van der Waals surface area contributed by atoms with Crippen LogP contribution in [0, 0.1) is 18.3 Å². The molecule has 5 nitrogen and oxygen atoms in total. The van der Waals surface area contributed by atoms with E-state index in [4.69, 9.17) is 32.7 Å². The van der Waals surface area contributed by atoms with Crippen LogP contribution in [0.3, 0.4) is 0 Å². The SMILES string of the molecule is CCOc1cc(/C=C(\C#N)c2ccc(Cl)cc2Cl)ccc1OCC(=O)Nc1cccc(C)c1. The second-order valence-corrected chi connectivity index (χ2v) is 7.98. The summed E-state index contributed by atoms with van der Waals surface area (Å²) in [5.74, 6) is 0.613. The van der Waals surface area contributed by atoms with Gasteiger partial charge in [0.15, 0.2) is 18.1 Å². The highest BCUT2D eigenvalue weighted by Crippen LogP contribution is 2.32. The Bertz CT molecular complexity index is 1230. The number of aryl methyl sites for hydroxylation is 1. The minimum absolute atomic E-state index is 0.174. The molecule has 0 atom stereocenters. The zero-order chi connectivity index (χ0) is 23.8. The lowest BCUT2D eigenvalue weighted by Gasteiger charge is -2.13. The Labute approximate surface area is 203 Å². The number of rotatable bonds is 8. The van der Waals surface area contributed by atoms with Crippen LogP contribution < -0.4 is 14.8 Å². The summed E-state index contributed by atoms with van der Waals surface area (Å²) in [6.07, 6.45) is 1.70. The Morgan fingerprint density at radius 1 is 1.06 bits per heavy atom. The number of anilines is 1. The van der Waals surface area contributed by atoms with E-state index >= 15 is 0 Å². The van der Waals surface area contributed by atoms with Crippen molar-refractivity contribution >= 4 is 46.4 Å². The molecule has 7 heteroatoms. The summed E-state index contributed by atoms with van der Waals surface area (Å²) in [5, 5.41) is 13.3. The van der Waals surface area contributed by atoms with Crippen LogP contribution in [0.1, 0.15) is 23.6 Å². The third kappa shape index (κ3) is 6.76. The molecule has 0 saturated carbocycles. The molecule has 0 unspecified atom stereocenters. The molecular formula is C26H22Cl2N2O3. The summed E-state index contributed by atoms with van der Waals surface area (Å²) in [4.78, 5) is 12.3. The molecule has 0 radical (unpaired) electrons. The molecule has 1 amide bonds. The number of nitrogens with zero attached hydrogens (tertiary/aromatic N) is 1. The van der Waals surface area contributed by atoms with Crippen molar-refractivity contribution in [1.29, 1.82) is 5.26 Å². The van der Waals surface area contributed by atoms with Crippen molar-refractivity contribution < 1.29 is 14.3 Å². The smallest absolute Gasteiger partial charge is 0.262 e. The van der Waals surface area contributed by atoms with Gasteiger partial charge in [-0.2, -0.15) is 5.26 Å². The molecule has 3 rings (SSSR count). The van der Waals surface area contributed by atoms with E-state index in [1.807, 2.05) is 38.1 Å². The second-order valence-electron chi connectivity index (χ2n) is 7.14. The van der Waals surface area contributed by atoms with Crippen LogP contribution in [0.5, 0.6) is 11.5 Å². The quantitative estimate of drug-likeness (QED) is 0.284. The molecule has 3 aromatic rings. The first kappa shape index (κ1) is 24.2. The van der Waals surface area contributed by atoms with E-state index in [1.54, 1.807) is 42.5 Å². The Morgan fingerprint density at radius 2 is 1.88 bits per heavy atom. The highest BCUT2D eigenvalue weighted by atomic mass is 35.5. The molecule has 0 aliphatic carbocycles. The summed E-state index contributed by atoms with van der Waals surface area (Å²) in [6, 6.07) is 19.9. The molecule has 0 aliphatic rings. The number of ether oxygens (including phenoxy) is 2. The molecule has 0 spiro atoms. The van der Waals surface area contributed by atoms with Gasteiger partial charge in [0.2, 0.25) is 0 Å². The van der Waals surface area contributed by atoms with Crippen molar-refractivity contribution in [2.45, 2.75) is 13.8 Å². The second kappa shape index (κ2) is 11.4. The van der Waals surface area contributed by atoms with Crippen molar-refractivity contribution in [1.82, 2.24) is 0 Å². The largest absolute Gasteiger partial charge is 0.490 e. The lowest BCUT2D eigenvalue weighted by atomic mass is 10.0. The summed E-state index contributed by atoms with van der Waals surface area (Å²) < 4.78 is 11.4. The summed E-state index contributed by atoms with van der Waals surface area (Å²) in [5.41, 5.74) is 3.43. The zero-order valence-corrected chi connectivity index (χ0v) is 19.7. The number of allylic oxidation sites excluding steroid dienone is 1. The minimum atomic E-state index is -0.281. The normalized spacial score (nSPS) is 10.9. The number of nitrogens with one attached hydrogen (secondary N) is 1. The topological polar surface area (TPSA) is 71.3 Å². The maximum Gasteiger partial charge on any atom is 0.262 e. The van der Waals surface area contributed by atoms with E-state index in [0.717, 1.165) is 11.1 Å². The maximum atomic E-state index is 12.3. The van der Waals surface area contributed by atoms with Crippen LogP contribution in [0.25, 0.3) is 11.6 Å². The minimum Gasteiger partial charge on any atom is -0.490 e. The predicted octanol–water partition coefficient (Wildman–Crippen LogP) is 6.78. The Hall–Kier alpha value is -3.46. The van der Waals surface area contributed by atoms with Crippen molar-refractivity contribution in [3.05, 3.63) is 87.4 Å². The third-order valence-electron chi connectivity index (χ3n) is 4.58.